The van der Waals surface area contributed by atoms with Gasteiger partial charge in [0.15, 0.2) is 69.4 Å². The van der Waals surface area contributed by atoms with Crippen molar-refractivity contribution < 1.29 is 147 Å². The lowest BCUT2D eigenvalue weighted by atomic mass is 9.77. The van der Waals surface area contributed by atoms with E-state index in [0.29, 0.717) is 39.7 Å². The molecule has 2 unspecified atom stereocenters. The van der Waals surface area contributed by atoms with E-state index in [2.05, 4.69) is 60.9 Å². The number of ether oxygens (including phenoxy) is 5. The second kappa shape index (κ2) is 48.3. The smallest absolute Gasteiger partial charge is 0.430 e. The van der Waals surface area contributed by atoms with Gasteiger partial charge in [-0.15, -0.1) is 42.3 Å². The molecule has 792 valence electrons. The Morgan fingerprint density at radius 2 is 0.925 bits per heavy atom. The van der Waals surface area contributed by atoms with Gasteiger partial charge in [-0.25, -0.2) is 33.6 Å². The molecule has 8 heterocycles. The van der Waals surface area contributed by atoms with E-state index < -0.39 is 152 Å². The van der Waals surface area contributed by atoms with E-state index in [4.69, 9.17) is 76.1 Å². The van der Waals surface area contributed by atoms with Gasteiger partial charge in [0.25, 0.3) is 0 Å². The average Bonchev–Trinajstić information content (AvgIpc) is 1.10. The number of oxime groups is 2. The van der Waals surface area contributed by atoms with Crippen molar-refractivity contribution in [1.29, 1.82) is 0 Å². The van der Waals surface area contributed by atoms with Crippen molar-refractivity contribution in [1.82, 2.24) is 53.8 Å². The number of ketones is 2. The molecule has 0 radical (unpaired) electrons. The third-order valence-corrected chi connectivity index (χ3v) is 24.9. The number of methoxy groups -OCH3 is 1. The van der Waals surface area contributed by atoms with Crippen molar-refractivity contribution in [3.05, 3.63) is 184 Å². The Hall–Kier alpha value is -15.0. The zero-order valence-corrected chi connectivity index (χ0v) is 85.5. The van der Waals surface area contributed by atoms with Crippen molar-refractivity contribution in [2.75, 3.05) is 77.9 Å². The number of alkyl halides is 6. The minimum absolute atomic E-state index is 0.00185. The number of carbonyl (C=O) groups excluding carboxylic acids is 12. The zero-order valence-electron chi connectivity index (χ0n) is 82.2. The van der Waals surface area contributed by atoms with Gasteiger partial charge in [0.1, 0.15) is 58.0 Å². The molecule has 55 heteroatoms. The Kier molecular flexibility index (Phi) is 38.0. The van der Waals surface area contributed by atoms with Crippen LogP contribution < -0.4 is 79.1 Å². The molecule has 15 N–H and O–H groups in total. The van der Waals surface area contributed by atoms with Crippen molar-refractivity contribution in [2.45, 2.75) is 179 Å². The van der Waals surface area contributed by atoms with Gasteiger partial charge >= 0.3 is 54.4 Å². The molecule has 8 aromatic rings. The van der Waals surface area contributed by atoms with Crippen molar-refractivity contribution in [3.63, 3.8) is 0 Å². The molecule has 7 amide bonds. The summed E-state index contributed by atoms with van der Waals surface area (Å²) < 4.78 is 106. The number of nitrogens with one attached hydrogen (secondary N) is 6. The maximum atomic E-state index is 14.8. The minimum Gasteiger partial charge on any atom is -0.542 e. The van der Waals surface area contributed by atoms with E-state index in [9.17, 15) is 84.2 Å². The van der Waals surface area contributed by atoms with Crippen LogP contribution in [0.25, 0.3) is 0 Å². The standard InChI is InChI=1S/C60H69N11O11S2.C28H39N11O8S2.2C2HF3O2/c1-57(2,3)80-53(75)59(7,8)82-67-46(48-65-54(61)84-68-48)45(72)32-43-50(73)71-47(52(74)79-35-37-26-28-42(78-10)29-27-37)38(36-83-51(43)71)33-70-34-44(64-55(76)62-30-31-63-56(77)81-58(4,5)6)49(69(70)9)66-60(39-20-14-11-15-21-39,40-22-16-12-17-23-40)41-24-18-13-19-25-41;1-27(2,3)46-24(44)28(4,5)47-35-17(20-34-25(31)49-36-20)16(40)9-14-21(41)39-18(23(42)43)13(12-48-22(14)39)10-38-11-15(19(30)37(38)6)33-26(45)32-8-7-29;2*3-2(4,5)1(6)7/h11-29,34,43,51H,30-33,35-36H2,1-10H3,(H5,61,62,63,64,65,68,76,77);11,14,22,30H,7-10,12,29H2,1-6H3,(H5,31,32,33,34,36,42,43,45);2*(H,6,7)/b67-46+;35-17+;;/t43-,51?;14-,22?;;/m11../s1. The number of carboxylic acid groups (broad SMARTS) is 3. The predicted molar refractivity (Wildman–Crippen MR) is 519 cm³/mol. The molecule has 4 aliphatic heterocycles. The first-order chi connectivity index (χ1) is 68.6. The lowest BCUT2D eigenvalue weighted by Crippen LogP contribution is -2.62. The number of Topliss-reactive ketones (excluding diaryl/α,β-unsaturated/α-hetero) is 2. The number of halogens is 6. The second-order valence-corrected chi connectivity index (χ2v) is 40.3. The number of aliphatic carboxylic acids is 3. The summed E-state index contributed by atoms with van der Waals surface area (Å²) in [6.07, 6.45) is -8.51. The zero-order chi connectivity index (χ0) is 109. The van der Waals surface area contributed by atoms with E-state index in [1.54, 1.807) is 122 Å². The van der Waals surface area contributed by atoms with E-state index in [-0.39, 0.29) is 114 Å². The molecule has 0 spiro atoms. The number of aromatic nitrogens is 8. The van der Waals surface area contributed by atoms with E-state index in [0.717, 1.165) is 44.7 Å². The van der Waals surface area contributed by atoms with Crippen molar-refractivity contribution >= 4 is 169 Å². The number of hydrogen-bond acceptors (Lipinski definition) is 37. The first-order valence-corrected chi connectivity index (χ1v) is 48.1. The van der Waals surface area contributed by atoms with Gasteiger partial charge in [-0.3, -0.25) is 39.6 Å². The van der Waals surface area contributed by atoms with Crippen LogP contribution in [0.3, 0.4) is 0 Å². The lowest BCUT2D eigenvalue weighted by molar-refractivity contribution is -0.765. The number of anilines is 6. The fourth-order valence-electron chi connectivity index (χ4n) is 14.1. The lowest BCUT2D eigenvalue weighted by Gasteiger charge is -2.49. The highest BCUT2D eigenvalue weighted by Gasteiger charge is 2.57. The number of carboxylic acids is 3. The van der Waals surface area contributed by atoms with E-state index >= 15 is 0 Å². The number of nitrogens with zero attached hydrogens (tertiary/aromatic N) is 12. The van der Waals surface area contributed by atoms with Crippen LogP contribution in [0.4, 0.5) is 74.0 Å². The molecule has 12 rings (SSSR count). The number of β-lactam (4-membered cyclic amide) rings is 2. The number of hydrogen-bond donors (Lipinski definition) is 11. The molecular weight excluding hydrogens is 2020 g/mol. The summed E-state index contributed by atoms with van der Waals surface area (Å²) in [7, 11) is 4.99. The van der Waals surface area contributed by atoms with E-state index in [1.165, 1.54) is 60.8 Å². The van der Waals surface area contributed by atoms with Crippen LogP contribution in [0.5, 0.6) is 5.75 Å². The van der Waals surface area contributed by atoms with Gasteiger partial charge in [0.05, 0.1) is 43.8 Å². The summed E-state index contributed by atoms with van der Waals surface area (Å²) in [5.41, 5.74) is 20.5. The summed E-state index contributed by atoms with van der Waals surface area (Å²) in [4.78, 5) is 187. The highest BCUT2D eigenvalue weighted by Crippen LogP contribution is 2.49. The summed E-state index contributed by atoms with van der Waals surface area (Å²) in [6.45, 7) is 21.7. The molecule has 4 aromatic carbocycles. The molecule has 4 atom stereocenters. The maximum absolute atomic E-state index is 14.8. The molecular formula is C92H110F6N22O23S4. The van der Waals surface area contributed by atoms with Crippen LogP contribution >= 0.6 is 46.6 Å². The monoisotopic (exact) mass is 2130 g/mol. The fourth-order valence-corrected chi connectivity index (χ4v) is 17.7. The van der Waals surface area contributed by atoms with Gasteiger partial charge in [0, 0.05) is 84.7 Å². The van der Waals surface area contributed by atoms with Gasteiger partial charge in [0.2, 0.25) is 47.1 Å². The van der Waals surface area contributed by atoms with Crippen molar-refractivity contribution in [2.24, 2.45) is 42.0 Å². The molecule has 0 aliphatic carbocycles. The van der Waals surface area contributed by atoms with Gasteiger partial charge in [-0.05, 0) is 124 Å². The van der Waals surface area contributed by atoms with Gasteiger partial charge in [-0.1, -0.05) is 113 Å². The molecule has 2 fully saturated rings. The number of urea groups is 2. The van der Waals surface area contributed by atoms with Crippen LogP contribution in [0.15, 0.2) is 161 Å². The Balaban J connectivity index is 0.000000319. The number of esters is 3. The number of carbonyl (C=O) groups is 13. The molecule has 45 nitrogen and oxygen atoms in total. The summed E-state index contributed by atoms with van der Waals surface area (Å²) >= 11 is 4.28. The quantitative estimate of drug-likeness (QED) is 0.00242. The first kappa shape index (κ1) is 116. The minimum atomic E-state index is -5.19. The van der Waals surface area contributed by atoms with Gasteiger partial charge < -0.3 is 102 Å². The number of nitrogens with two attached hydrogens (primary N) is 4. The fraction of sp³-hybridized carbons (Fsp3) is 0.424. The van der Waals surface area contributed by atoms with Crippen LogP contribution in [-0.2, 0) is 116 Å². The highest BCUT2D eigenvalue weighted by atomic mass is 32.2. The SMILES string of the molecule is COc1ccc(COC(=O)C2=C(C[n+]3cc(NC(=O)NCCNC(=O)OC(C)(C)C)c(NC(c4ccccc4)(c4ccccc4)c4ccccc4)n3C)CSC3[C@H](CC(=O)/C(=N\OC(C)(C)C(=O)OC(C)(C)C)c4nsc(N)n4)C(=O)N23)cc1.Cn1c(N)c(NC(=O)NCCN)c[n+]1CC1=C(C(=O)O)N2C(=O)[C@@H](CC(=O)/C(=N\OC(C)(C)C(=O)OC(C)(C)C)c3nsc(N)n3)C2SC1.O=C([O-])C(F)(F)F.O=C([O-])C(F)(F)F. The number of rotatable bonds is 35. The molecule has 147 heavy (non-hydrogen) atoms. The average molecular weight is 2130 g/mol. The summed E-state index contributed by atoms with van der Waals surface area (Å²) in [5, 5.41) is 52.1. The number of fused-ring (bicyclic) bond motifs is 2. The van der Waals surface area contributed by atoms with Crippen LogP contribution in [0.1, 0.15) is 137 Å². The Morgan fingerprint density at radius 3 is 1.31 bits per heavy atom. The molecule has 0 bridgehead atoms. The van der Waals surface area contributed by atoms with Gasteiger partial charge in [-0.2, -0.15) is 45.1 Å². The number of thioether (sulfide) groups is 2. The number of nitrogen functional groups attached to an aromatic ring is 3. The number of benzene rings is 4. The molecule has 4 aromatic heterocycles. The Morgan fingerprint density at radius 1 is 0.537 bits per heavy atom. The van der Waals surface area contributed by atoms with Crippen LogP contribution in [0.2, 0.25) is 0 Å². The summed E-state index contributed by atoms with van der Waals surface area (Å²) in [6, 6.07) is 35.6. The maximum Gasteiger partial charge on any atom is 0.430 e. The Bertz CT molecular complexity index is 6200. The number of alkyl carbamates (subject to hydrolysis) is 1. The van der Waals surface area contributed by atoms with Crippen LogP contribution in [0, 0.1) is 11.8 Å². The third-order valence-electron chi connectivity index (χ3n) is 21.0. The summed E-state index contributed by atoms with van der Waals surface area (Å²) in [5.74, 6) is -12.5. The number of amides is 7. The Labute approximate surface area is 853 Å². The first-order valence-electron chi connectivity index (χ1n) is 44.4. The molecule has 2 saturated heterocycles. The molecule has 4 aliphatic rings. The highest BCUT2D eigenvalue weighted by molar-refractivity contribution is 8.00. The predicted octanol–water partition coefficient (Wildman–Crippen LogP) is 6.21. The topological polar surface area (TPSA) is 630 Å². The molecule has 0 saturated carbocycles. The largest absolute Gasteiger partial charge is 0.542 e. The normalized spacial score (nSPS) is 15.9. The van der Waals surface area contributed by atoms with Crippen molar-refractivity contribution in [3.8, 4) is 5.75 Å². The van der Waals surface area contributed by atoms with E-state index in [1.807, 2.05) is 103 Å². The second-order valence-electron chi connectivity index (χ2n) is 36.5. The third kappa shape index (κ3) is 30.6. The van der Waals surface area contributed by atoms with Crippen LogP contribution in [-0.4, -0.2) is 228 Å².